The van der Waals surface area contributed by atoms with Crippen molar-refractivity contribution in [2.45, 2.75) is 71.6 Å². The Morgan fingerprint density at radius 3 is 2.51 bits per heavy atom. The minimum Gasteiger partial charge on any atom is -0.444 e. The summed E-state index contributed by atoms with van der Waals surface area (Å²) in [6.45, 7) is 7.75. The largest absolute Gasteiger partial charge is 0.444 e. The monoisotopic (exact) mass is 539 g/mol. The molecule has 1 aliphatic rings. The van der Waals surface area contributed by atoms with Crippen LogP contribution in [0.1, 0.15) is 78.6 Å². The summed E-state index contributed by atoms with van der Waals surface area (Å²) in [5.41, 5.74) is 0.834. The average molecular weight is 540 g/mol. The van der Waals surface area contributed by atoms with E-state index in [-0.39, 0.29) is 41.5 Å². The zero-order chi connectivity index (χ0) is 28.2. The first kappa shape index (κ1) is 27.9. The van der Waals surface area contributed by atoms with Crippen molar-refractivity contribution >= 4 is 23.7 Å². The molecule has 4 rings (SSSR count). The normalized spacial score (nSPS) is 17.5. The number of halogens is 1. The fraction of sp³-hybridized carbons (Fsp3) is 0.481. The number of benzene rings is 1. The lowest BCUT2D eigenvalue weighted by Gasteiger charge is -2.30. The van der Waals surface area contributed by atoms with Crippen molar-refractivity contribution in [3.05, 3.63) is 58.9 Å². The number of carbonyl (C=O) groups is 3. The van der Waals surface area contributed by atoms with E-state index in [0.29, 0.717) is 12.1 Å². The Morgan fingerprint density at radius 1 is 1.08 bits per heavy atom. The van der Waals surface area contributed by atoms with Gasteiger partial charge in [-0.2, -0.15) is 14.6 Å². The van der Waals surface area contributed by atoms with E-state index < -0.39 is 23.5 Å². The number of nitrogens with one attached hydrogen (secondary N) is 3. The third-order valence-corrected chi connectivity index (χ3v) is 6.51. The number of hydrogen-bond acceptors (Lipinski definition) is 7. The van der Waals surface area contributed by atoms with Gasteiger partial charge in [0, 0.05) is 25.2 Å². The van der Waals surface area contributed by atoms with Crippen LogP contribution in [0.15, 0.2) is 30.6 Å². The molecule has 12 heteroatoms. The molecule has 11 nitrogen and oxygen atoms in total. The summed E-state index contributed by atoms with van der Waals surface area (Å²) in [4.78, 5) is 46.2. The Morgan fingerprint density at radius 2 is 1.82 bits per heavy atom. The van der Waals surface area contributed by atoms with E-state index in [0.717, 1.165) is 31.2 Å². The van der Waals surface area contributed by atoms with Crippen molar-refractivity contribution in [3.63, 3.8) is 0 Å². The zero-order valence-electron chi connectivity index (χ0n) is 22.6. The molecule has 0 saturated heterocycles. The summed E-state index contributed by atoms with van der Waals surface area (Å²) < 4.78 is 20.1. The third kappa shape index (κ3) is 7.49. The smallest absolute Gasteiger partial charge is 0.407 e. The minimum absolute atomic E-state index is 0.0215. The minimum atomic E-state index is -0.545. The standard InChI is InChI=1S/C27H34FN7O4/c1-16-11-18(7-10-20(16)28)14-29-23(36)21-12-22(35-25(34-21)31-15-32-35)24(37)30-13-17-5-8-19(9-6-17)33-26(38)39-27(2,3)4/h7,10-12,15,17,19H,5-6,8-9,13-14H2,1-4H3,(H,29,36)(H,30,37)(H,33,38). The average Bonchev–Trinajstić information content (AvgIpc) is 3.35. The van der Waals surface area contributed by atoms with E-state index in [1.165, 1.54) is 23.0 Å². The van der Waals surface area contributed by atoms with Gasteiger partial charge >= 0.3 is 6.09 Å². The Hall–Kier alpha value is -4.09. The van der Waals surface area contributed by atoms with Gasteiger partial charge in [-0.3, -0.25) is 9.59 Å². The van der Waals surface area contributed by atoms with Crippen molar-refractivity contribution in [2.24, 2.45) is 5.92 Å². The Bertz CT molecular complexity index is 1360. The first-order chi connectivity index (χ1) is 18.5. The molecule has 2 aromatic heterocycles. The third-order valence-electron chi connectivity index (χ3n) is 6.51. The highest BCUT2D eigenvalue weighted by atomic mass is 19.1. The van der Waals surface area contributed by atoms with Crippen molar-refractivity contribution in [1.82, 2.24) is 35.5 Å². The quantitative estimate of drug-likeness (QED) is 0.419. The van der Waals surface area contributed by atoms with Gasteiger partial charge in [0.05, 0.1) is 0 Å². The lowest BCUT2D eigenvalue weighted by atomic mass is 9.86. The van der Waals surface area contributed by atoms with Crippen LogP contribution in [-0.2, 0) is 11.3 Å². The molecule has 1 fully saturated rings. The van der Waals surface area contributed by atoms with Crippen LogP contribution >= 0.6 is 0 Å². The van der Waals surface area contributed by atoms with Gasteiger partial charge in [-0.15, -0.1) is 0 Å². The molecule has 3 N–H and O–H groups in total. The summed E-state index contributed by atoms with van der Waals surface area (Å²) in [6.07, 6.45) is 4.11. The Kier molecular flexibility index (Phi) is 8.41. The first-order valence-corrected chi connectivity index (χ1v) is 13.0. The fourth-order valence-corrected chi connectivity index (χ4v) is 4.49. The predicted molar refractivity (Wildman–Crippen MR) is 141 cm³/mol. The topological polar surface area (TPSA) is 140 Å². The number of nitrogens with zero attached hydrogens (tertiary/aromatic N) is 4. The maximum absolute atomic E-state index is 13.5. The van der Waals surface area contributed by atoms with Crippen LogP contribution in [0, 0.1) is 18.7 Å². The highest BCUT2D eigenvalue weighted by Crippen LogP contribution is 2.24. The molecule has 0 aliphatic heterocycles. The molecular weight excluding hydrogens is 505 g/mol. The van der Waals surface area contributed by atoms with Crippen LogP contribution in [0.4, 0.5) is 9.18 Å². The van der Waals surface area contributed by atoms with E-state index in [1.807, 2.05) is 20.8 Å². The van der Waals surface area contributed by atoms with Crippen molar-refractivity contribution in [2.75, 3.05) is 6.54 Å². The molecule has 1 aromatic carbocycles. The predicted octanol–water partition coefficient (Wildman–Crippen LogP) is 3.32. The zero-order valence-corrected chi connectivity index (χ0v) is 22.6. The summed E-state index contributed by atoms with van der Waals surface area (Å²) in [5, 5.41) is 12.7. The van der Waals surface area contributed by atoms with Crippen molar-refractivity contribution in [3.8, 4) is 0 Å². The van der Waals surface area contributed by atoms with Gasteiger partial charge < -0.3 is 20.7 Å². The van der Waals surface area contributed by atoms with E-state index >= 15 is 0 Å². The molecule has 0 radical (unpaired) electrons. The van der Waals surface area contributed by atoms with Crippen molar-refractivity contribution < 1.29 is 23.5 Å². The molecular formula is C27H34FN7O4. The van der Waals surface area contributed by atoms with Gasteiger partial charge in [0.2, 0.25) is 0 Å². The maximum atomic E-state index is 13.5. The number of aromatic nitrogens is 4. The number of amides is 3. The molecule has 0 atom stereocenters. The lowest BCUT2D eigenvalue weighted by molar-refractivity contribution is 0.0487. The van der Waals surface area contributed by atoms with Gasteiger partial charge in [-0.25, -0.2) is 14.2 Å². The molecule has 0 unspecified atom stereocenters. The molecule has 2 heterocycles. The first-order valence-electron chi connectivity index (χ1n) is 13.0. The summed E-state index contributed by atoms with van der Waals surface area (Å²) in [6, 6.07) is 6.03. The van der Waals surface area contributed by atoms with Crippen LogP contribution in [0.25, 0.3) is 5.78 Å². The number of rotatable bonds is 7. The summed E-state index contributed by atoms with van der Waals surface area (Å²) in [7, 11) is 0. The molecule has 1 saturated carbocycles. The summed E-state index contributed by atoms with van der Waals surface area (Å²) in [5.74, 6) is -0.831. The SMILES string of the molecule is Cc1cc(CNC(=O)c2cc(C(=O)NCC3CCC(NC(=O)OC(C)(C)C)CC3)n3ncnc3n2)ccc1F. The number of carbonyl (C=O) groups excluding carboxylic acids is 3. The number of aryl methyl sites for hydroxylation is 1. The molecule has 1 aliphatic carbocycles. The number of ether oxygens (including phenoxy) is 1. The molecule has 208 valence electrons. The van der Waals surface area contributed by atoms with E-state index in [1.54, 1.807) is 19.1 Å². The van der Waals surface area contributed by atoms with E-state index in [2.05, 4.69) is 31.0 Å². The highest BCUT2D eigenvalue weighted by molar-refractivity contribution is 5.98. The van der Waals surface area contributed by atoms with Crippen LogP contribution < -0.4 is 16.0 Å². The van der Waals surface area contributed by atoms with Crippen molar-refractivity contribution in [1.29, 1.82) is 0 Å². The van der Waals surface area contributed by atoms with E-state index in [4.69, 9.17) is 4.74 Å². The number of fused-ring (bicyclic) bond motifs is 1. The lowest BCUT2D eigenvalue weighted by Crippen LogP contribution is -2.42. The number of alkyl carbamates (subject to hydrolysis) is 1. The van der Waals surface area contributed by atoms with Gasteiger partial charge in [0.1, 0.15) is 29.1 Å². The van der Waals surface area contributed by atoms with Crippen LogP contribution in [-0.4, -0.2) is 55.7 Å². The van der Waals surface area contributed by atoms with Crippen LogP contribution in [0.2, 0.25) is 0 Å². The van der Waals surface area contributed by atoms with Gasteiger partial charge in [0.25, 0.3) is 17.6 Å². The highest BCUT2D eigenvalue weighted by Gasteiger charge is 2.26. The maximum Gasteiger partial charge on any atom is 0.407 e. The second kappa shape index (κ2) is 11.7. The second-order valence-corrected chi connectivity index (χ2v) is 10.8. The number of hydrogen-bond donors (Lipinski definition) is 3. The van der Waals surface area contributed by atoms with Gasteiger partial charge in [-0.05, 0) is 76.5 Å². The molecule has 3 aromatic rings. The van der Waals surface area contributed by atoms with Gasteiger partial charge in [-0.1, -0.05) is 12.1 Å². The Labute approximate surface area is 225 Å². The fourth-order valence-electron chi connectivity index (χ4n) is 4.49. The molecule has 0 spiro atoms. The van der Waals surface area contributed by atoms with Crippen LogP contribution in [0.5, 0.6) is 0 Å². The summed E-state index contributed by atoms with van der Waals surface area (Å²) >= 11 is 0. The van der Waals surface area contributed by atoms with Crippen LogP contribution in [0.3, 0.4) is 0 Å². The molecule has 0 bridgehead atoms. The van der Waals surface area contributed by atoms with Gasteiger partial charge in [0.15, 0.2) is 0 Å². The Balaban J connectivity index is 1.33. The molecule has 39 heavy (non-hydrogen) atoms. The second-order valence-electron chi connectivity index (χ2n) is 10.8. The van der Waals surface area contributed by atoms with E-state index in [9.17, 15) is 18.8 Å². The molecule has 3 amide bonds.